The van der Waals surface area contributed by atoms with Crippen LogP contribution in [0.5, 0.6) is 0 Å². The number of hydrogen-bond acceptors (Lipinski definition) is 6. The largest absolute Gasteiger partial charge is 0.378 e. The van der Waals surface area contributed by atoms with Gasteiger partial charge < -0.3 is 9.64 Å². The molecular formula is C27H32N4O3S. The molecule has 3 aromatic rings. The van der Waals surface area contributed by atoms with Crippen molar-refractivity contribution >= 4 is 15.8 Å². The third-order valence-electron chi connectivity index (χ3n) is 6.72. The molecule has 0 aliphatic carbocycles. The Labute approximate surface area is 208 Å². The molecule has 0 spiro atoms. The Bertz CT molecular complexity index is 1210. The standard InChI is InChI=1S/C27H32N4O3S/c32-35(33,26-11-9-24(10-12-26)23-6-2-1-3-7-23)31-15-5-14-29(16-17-31)22-25-8-4-13-28-27(25)30-18-20-34-21-19-30/h1-4,6-13H,5,14-22H2. The monoisotopic (exact) mass is 492 g/mol. The fraction of sp³-hybridized carbons (Fsp3) is 0.370. The molecule has 0 amide bonds. The summed E-state index contributed by atoms with van der Waals surface area (Å²) in [6, 6.07) is 21.3. The smallest absolute Gasteiger partial charge is 0.243 e. The van der Waals surface area contributed by atoms with Gasteiger partial charge in [0.25, 0.3) is 0 Å². The number of sulfonamides is 1. The molecule has 2 fully saturated rings. The highest BCUT2D eigenvalue weighted by atomic mass is 32.2. The quantitative estimate of drug-likeness (QED) is 0.525. The Hall–Kier alpha value is -2.78. The number of pyridine rings is 1. The molecule has 8 heteroatoms. The van der Waals surface area contributed by atoms with Crippen molar-refractivity contribution in [2.75, 3.05) is 57.4 Å². The zero-order chi connectivity index (χ0) is 24.1. The summed E-state index contributed by atoms with van der Waals surface area (Å²) in [5.41, 5.74) is 3.27. The molecule has 2 aliphatic rings. The maximum absolute atomic E-state index is 13.4. The minimum absolute atomic E-state index is 0.354. The van der Waals surface area contributed by atoms with Crippen LogP contribution in [-0.4, -0.2) is 75.1 Å². The van der Waals surface area contributed by atoms with Crippen LogP contribution in [0.25, 0.3) is 11.1 Å². The summed E-state index contributed by atoms with van der Waals surface area (Å²) < 4.78 is 33.9. The van der Waals surface area contributed by atoms with E-state index in [4.69, 9.17) is 4.74 Å². The van der Waals surface area contributed by atoms with Gasteiger partial charge in [0.1, 0.15) is 5.82 Å². The van der Waals surface area contributed by atoms with Crippen molar-refractivity contribution in [2.24, 2.45) is 0 Å². The van der Waals surface area contributed by atoms with Crippen molar-refractivity contribution in [1.29, 1.82) is 0 Å². The lowest BCUT2D eigenvalue weighted by molar-refractivity contribution is 0.122. The van der Waals surface area contributed by atoms with Crippen LogP contribution in [0.2, 0.25) is 0 Å². The minimum atomic E-state index is -3.53. The average Bonchev–Trinajstić information content (AvgIpc) is 3.16. The van der Waals surface area contributed by atoms with E-state index >= 15 is 0 Å². The second kappa shape index (κ2) is 10.9. The summed E-state index contributed by atoms with van der Waals surface area (Å²) in [7, 11) is -3.53. The van der Waals surface area contributed by atoms with E-state index in [1.807, 2.05) is 54.7 Å². The minimum Gasteiger partial charge on any atom is -0.378 e. The SMILES string of the molecule is O=S(=O)(c1ccc(-c2ccccc2)cc1)N1CCCN(Cc2cccnc2N2CCOCC2)CC1. The molecule has 1 aromatic heterocycles. The van der Waals surface area contributed by atoms with E-state index in [9.17, 15) is 8.42 Å². The first-order valence-electron chi connectivity index (χ1n) is 12.3. The molecule has 0 bridgehead atoms. The van der Waals surface area contributed by atoms with Gasteiger partial charge in [-0.3, -0.25) is 4.90 Å². The van der Waals surface area contributed by atoms with Gasteiger partial charge in [-0.15, -0.1) is 0 Å². The van der Waals surface area contributed by atoms with Crippen molar-refractivity contribution in [3.8, 4) is 11.1 Å². The molecule has 2 aliphatic heterocycles. The summed E-state index contributed by atoms with van der Waals surface area (Å²) >= 11 is 0. The number of nitrogens with zero attached hydrogens (tertiary/aromatic N) is 4. The van der Waals surface area contributed by atoms with E-state index in [1.165, 1.54) is 5.56 Å². The molecular weight excluding hydrogens is 460 g/mol. The Morgan fingerprint density at radius 1 is 0.771 bits per heavy atom. The first-order valence-corrected chi connectivity index (χ1v) is 13.7. The van der Waals surface area contributed by atoms with Crippen LogP contribution in [0.1, 0.15) is 12.0 Å². The third kappa shape index (κ3) is 5.56. The van der Waals surface area contributed by atoms with Crippen molar-refractivity contribution in [3.63, 3.8) is 0 Å². The lowest BCUT2D eigenvalue weighted by Crippen LogP contribution is -2.38. The Balaban J connectivity index is 1.25. The van der Waals surface area contributed by atoms with Crippen LogP contribution < -0.4 is 4.90 Å². The Morgan fingerprint density at radius 3 is 2.29 bits per heavy atom. The summed E-state index contributed by atoms with van der Waals surface area (Å²) in [4.78, 5) is 9.63. The van der Waals surface area contributed by atoms with Crippen LogP contribution in [0, 0.1) is 0 Å². The first-order chi connectivity index (χ1) is 17.1. The van der Waals surface area contributed by atoms with Crippen molar-refractivity contribution in [1.82, 2.24) is 14.2 Å². The molecule has 0 N–H and O–H groups in total. The molecule has 0 saturated carbocycles. The lowest BCUT2D eigenvalue weighted by Gasteiger charge is -2.30. The van der Waals surface area contributed by atoms with Gasteiger partial charge in [0.2, 0.25) is 10.0 Å². The van der Waals surface area contributed by atoms with Gasteiger partial charge in [-0.2, -0.15) is 4.31 Å². The van der Waals surface area contributed by atoms with Crippen LogP contribution in [-0.2, 0) is 21.3 Å². The number of anilines is 1. The topological polar surface area (TPSA) is 66.0 Å². The summed E-state index contributed by atoms with van der Waals surface area (Å²) in [6.45, 7) is 6.46. The van der Waals surface area contributed by atoms with Crippen molar-refractivity contribution in [2.45, 2.75) is 17.9 Å². The van der Waals surface area contributed by atoms with Gasteiger partial charge in [0, 0.05) is 51.0 Å². The van der Waals surface area contributed by atoms with Gasteiger partial charge in [0.05, 0.1) is 18.1 Å². The highest BCUT2D eigenvalue weighted by Gasteiger charge is 2.27. The zero-order valence-corrected chi connectivity index (χ0v) is 20.7. The first kappa shape index (κ1) is 23.9. The molecule has 5 rings (SSSR count). The molecule has 3 heterocycles. The van der Waals surface area contributed by atoms with E-state index in [2.05, 4.69) is 20.9 Å². The second-order valence-corrected chi connectivity index (χ2v) is 10.9. The maximum atomic E-state index is 13.4. The Morgan fingerprint density at radius 2 is 1.51 bits per heavy atom. The third-order valence-corrected chi connectivity index (χ3v) is 8.63. The van der Waals surface area contributed by atoms with E-state index in [-0.39, 0.29) is 0 Å². The van der Waals surface area contributed by atoms with E-state index in [0.29, 0.717) is 24.5 Å². The summed E-state index contributed by atoms with van der Waals surface area (Å²) in [6.07, 6.45) is 2.64. The predicted molar refractivity (Wildman–Crippen MR) is 138 cm³/mol. The van der Waals surface area contributed by atoms with Crippen LogP contribution >= 0.6 is 0 Å². The molecule has 0 radical (unpaired) electrons. The lowest BCUT2D eigenvalue weighted by atomic mass is 10.1. The molecule has 0 unspecified atom stereocenters. The normalized spacial score (nSPS) is 18.3. The van der Waals surface area contributed by atoms with Gasteiger partial charge in [0.15, 0.2) is 0 Å². The molecule has 2 saturated heterocycles. The summed E-state index contributed by atoms with van der Waals surface area (Å²) in [5.74, 6) is 1.02. The number of benzene rings is 2. The molecule has 7 nitrogen and oxygen atoms in total. The van der Waals surface area contributed by atoms with Crippen LogP contribution in [0.15, 0.2) is 77.8 Å². The van der Waals surface area contributed by atoms with Gasteiger partial charge in [-0.25, -0.2) is 13.4 Å². The molecule has 35 heavy (non-hydrogen) atoms. The zero-order valence-electron chi connectivity index (χ0n) is 19.9. The van der Waals surface area contributed by atoms with Gasteiger partial charge >= 0.3 is 0 Å². The van der Waals surface area contributed by atoms with Gasteiger partial charge in [-0.1, -0.05) is 48.5 Å². The van der Waals surface area contributed by atoms with Gasteiger partial charge in [-0.05, 0) is 42.3 Å². The number of rotatable bonds is 6. The highest BCUT2D eigenvalue weighted by molar-refractivity contribution is 7.89. The highest BCUT2D eigenvalue weighted by Crippen LogP contribution is 2.25. The fourth-order valence-corrected chi connectivity index (χ4v) is 6.27. The second-order valence-electron chi connectivity index (χ2n) is 9.01. The van der Waals surface area contributed by atoms with Crippen molar-refractivity contribution < 1.29 is 13.2 Å². The number of morpholine rings is 1. The van der Waals surface area contributed by atoms with Crippen LogP contribution in [0.3, 0.4) is 0 Å². The number of hydrogen-bond donors (Lipinski definition) is 0. The maximum Gasteiger partial charge on any atom is 0.243 e. The van der Waals surface area contributed by atoms with E-state index < -0.39 is 10.0 Å². The molecule has 2 aromatic carbocycles. The molecule has 0 atom stereocenters. The number of aromatic nitrogens is 1. The molecule has 184 valence electrons. The van der Waals surface area contributed by atoms with Crippen LogP contribution in [0.4, 0.5) is 5.82 Å². The predicted octanol–water partition coefficient (Wildman–Crippen LogP) is 3.48. The van der Waals surface area contributed by atoms with E-state index in [0.717, 1.165) is 62.8 Å². The average molecular weight is 493 g/mol. The fourth-order valence-electron chi connectivity index (χ4n) is 4.80. The van der Waals surface area contributed by atoms with Crippen molar-refractivity contribution in [3.05, 3.63) is 78.5 Å². The number of ether oxygens (including phenoxy) is 1. The van der Waals surface area contributed by atoms with E-state index in [1.54, 1.807) is 16.4 Å². The Kier molecular flexibility index (Phi) is 7.43. The summed E-state index contributed by atoms with van der Waals surface area (Å²) in [5, 5.41) is 0.